The summed E-state index contributed by atoms with van der Waals surface area (Å²) < 4.78 is 10.8. The number of amides is 2. The average Bonchev–Trinajstić information content (AvgIpc) is 3.30. The molecule has 0 radical (unpaired) electrons. The molecule has 2 aliphatic rings. The average molecular weight is 380 g/mol. The Morgan fingerprint density at radius 2 is 1.82 bits per heavy atom. The molecular weight excluding hydrogens is 356 g/mol. The summed E-state index contributed by atoms with van der Waals surface area (Å²) in [6.45, 7) is 0.417. The fourth-order valence-corrected chi connectivity index (χ4v) is 4.11. The number of ether oxygens (including phenoxy) is 2. The third kappa shape index (κ3) is 3.30. The van der Waals surface area contributed by atoms with Crippen LogP contribution in [0.1, 0.15) is 30.0 Å². The maximum absolute atomic E-state index is 12.9. The van der Waals surface area contributed by atoms with Gasteiger partial charge in [-0.05, 0) is 48.2 Å². The van der Waals surface area contributed by atoms with Gasteiger partial charge in [-0.15, -0.1) is 0 Å². The predicted molar refractivity (Wildman–Crippen MR) is 106 cm³/mol. The minimum Gasteiger partial charge on any atom is -0.493 e. The van der Waals surface area contributed by atoms with E-state index in [1.165, 1.54) is 0 Å². The molecule has 1 aliphatic heterocycles. The van der Waals surface area contributed by atoms with E-state index in [-0.39, 0.29) is 30.2 Å². The van der Waals surface area contributed by atoms with Crippen LogP contribution in [0.4, 0.5) is 5.69 Å². The van der Waals surface area contributed by atoms with Gasteiger partial charge in [-0.1, -0.05) is 18.2 Å². The second-order valence-electron chi connectivity index (χ2n) is 7.25. The van der Waals surface area contributed by atoms with Crippen LogP contribution in [0.25, 0.3) is 0 Å². The maximum atomic E-state index is 12.9. The predicted octanol–water partition coefficient (Wildman–Crippen LogP) is 2.86. The van der Waals surface area contributed by atoms with Crippen LogP contribution in [0.2, 0.25) is 0 Å². The van der Waals surface area contributed by atoms with Gasteiger partial charge in [0.25, 0.3) is 0 Å². The first kappa shape index (κ1) is 18.3. The number of hydrogen-bond acceptors (Lipinski definition) is 4. The number of rotatable bonds is 5. The summed E-state index contributed by atoms with van der Waals surface area (Å²) in [5, 5.41) is 3.14. The van der Waals surface area contributed by atoms with Gasteiger partial charge in [0.2, 0.25) is 11.8 Å². The molecule has 2 aromatic carbocycles. The van der Waals surface area contributed by atoms with E-state index < -0.39 is 0 Å². The topological polar surface area (TPSA) is 67.9 Å². The summed E-state index contributed by atoms with van der Waals surface area (Å²) in [5.74, 6) is 0.947. The molecule has 0 bridgehead atoms. The summed E-state index contributed by atoms with van der Waals surface area (Å²) in [6, 6.07) is 13.4. The van der Waals surface area contributed by atoms with Crippen molar-refractivity contribution in [2.24, 2.45) is 5.92 Å². The molecule has 6 nitrogen and oxygen atoms in total. The number of benzene rings is 2. The van der Waals surface area contributed by atoms with Crippen molar-refractivity contribution in [1.29, 1.82) is 0 Å². The Balaban J connectivity index is 1.47. The molecule has 2 amide bonds. The SMILES string of the molecule is COc1cc2c(cc1OC)[C@H](NC(=O)[C@H]1CC(=O)N(c3ccccc3)C1)CC2. The van der Waals surface area contributed by atoms with E-state index in [0.29, 0.717) is 18.0 Å². The number of nitrogens with one attached hydrogen (secondary N) is 1. The molecule has 0 spiro atoms. The Kier molecular flexibility index (Phi) is 4.94. The van der Waals surface area contributed by atoms with Crippen molar-refractivity contribution in [3.05, 3.63) is 53.6 Å². The van der Waals surface area contributed by atoms with Gasteiger partial charge < -0.3 is 19.7 Å². The monoisotopic (exact) mass is 380 g/mol. The highest BCUT2D eigenvalue weighted by atomic mass is 16.5. The number of methoxy groups -OCH3 is 2. The molecule has 146 valence electrons. The van der Waals surface area contributed by atoms with E-state index in [1.54, 1.807) is 19.1 Å². The lowest BCUT2D eigenvalue weighted by atomic mass is 10.0. The number of carbonyl (C=O) groups is 2. The second kappa shape index (κ2) is 7.54. The highest BCUT2D eigenvalue weighted by molar-refractivity contribution is 6.00. The highest BCUT2D eigenvalue weighted by Crippen LogP contribution is 2.39. The molecule has 0 aromatic heterocycles. The Morgan fingerprint density at radius 1 is 1.11 bits per heavy atom. The molecule has 1 aliphatic carbocycles. The molecule has 2 atom stereocenters. The van der Waals surface area contributed by atoms with Gasteiger partial charge in [0, 0.05) is 18.7 Å². The lowest BCUT2D eigenvalue weighted by Crippen LogP contribution is -2.34. The van der Waals surface area contributed by atoms with Crippen LogP contribution in [0.5, 0.6) is 11.5 Å². The molecule has 1 heterocycles. The first-order valence-corrected chi connectivity index (χ1v) is 9.51. The summed E-state index contributed by atoms with van der Waals surface area (Å²) in [4.78, 5) is 27.0. The fraction of sp³-hybridized carbons (Fsp3) is 0.364. The third-order valence-corrected chi connectivity index (χ3v) is 5.60. The van der Waals surface area contributed by atoms with Crippen molar-refractivity contribution in [3.63, 3.8) is 0 Å². The van der Waals surface area contributed by atoms with Crippen LogP contribution in [0.3, 0.4) is 0 Å². The van der Waals surface area contributed by atoms with Crippen molar-refractivity contribution in [1.82, 2.24) is 5.32 Å². The van der Waals surface area contributed by atoms with Crippen LogP contribution >= 0.6 is 0 Å². The van der Waals surface area contributed by atoms with Gasteiger partial charge >= 0.3 is 0 Å². The molecule has 0 saturated carbocycles. The fourth-order valence-electron chi connectivity index (χ4n) is 4.11. The number of fused-ring (bicyclic) bond motifs is 1. The van der Waals surface area contributed by atoms with Gasteiger partial charge in [-0.2, -0.15) is 0 Å². The van der Waals surface area contributed by atoms with Crippen molar-refractivity contribution in [2.45, 2.75) is 25.3 Å². The van der Waals surface area contributed by atoms with Gasteiger partial charge in [0.1, 0.15) is 0 Å². The van der Waals surface area contributed by atoms with Crippen molar-refractivity contribution < 1.29 is 19.1 Å². The summed E-state index contributed by atoms with van der Waals surface area (Å²) in [6.07, 6.45) is 1.95. The van der Waals surface area contributed by atoms with E-state index in [1.807, 2.05) is 42.5 Å². The molecular formula is C22H24N2O4. The minimum atomic E-state index is -0.336. The molecule has 28 heavy (non-hydrogen) atoms. The Bertz CT molecular complexity index is 897. The maximum Gasteiger partial charge on any atom is 0.227 e. The van der Waals surface area contributed by atoms with Gasteiger partial charge in [0.15, 0.2) is 11.5 Å². The van der Waals surface area contributed by atoms with Gasteiger partial charge in [0.05, 0.1) is 26.2 Å². The molecule has 1 saturated heterocycles. The quantitative estimate of drug-likeness (QED) is 0.866. The van der Waals surface area contributed by atoms with Crippen molar-refractivity contribution >= 4 is 17.5 Å². The zero-order valence-corrected chi connectivity index (χ0v) is 16.1. The molecule has 1 fully saturated rings. The number of nitrogens with zero attached hydrogens (tertiary/aromatic N) is 1. The number of hydrogen-bond donors (Lipinski definition) is 1. The van der Waals surface area contributed by atoms with Crippen LogP contribution in [-0.4, -0.2) is 32.6 Å². The Morgan fingerprint density at radius 3 is 2.54 bits per heavy atom. The van der Waals surface area contributed by atoms with E-state index in [2.05, 4.69) is 5.32 Å². The number of anilines is 1. The van der Waals surface area contributed by atoms with E-state index in [9.17, 15) is 9.59 Å². The lowest BCUT2D eigenvalue weighted by Gasteiger charge is -2.19. The van der Waals surface area contributed by atoms with Crippen molar-refractivity contribution in [2.75, 3.05) is 25.7 Å². The molecule has 6 heteroatoms. The first-order valence-electron chi connectivity index (χ1n) is 9.51. The zero-order chi connectivity index (χ0) is 19.7. The van der Waals surface area contributed by atoms with Crippen LogP contribution in [0.15, 0.2) is 42.5 Å². The van der Waals surface area contributed by atoms with Gasteiger partial charge in [-0.25, -0.2) is 0 Å². The molecule has 0 unspecified atom stereocenters. The second-order valence-corrected chi connectivity index (χ2v) is 7.25. The zero-order valence-electron chi connectivity index (χ0n) is 16.1. The molecule has 1 N–H and O–H groups in total. The largest absolute Gasteiger partial charge is 0.493 e. The Labute approximate surface area is 164 Å². The van der Waals surface area contributed by atoms with Crippen LogP contribution in [-0.2, 0) is 16.0 Å². The third-order valence-electron chi connectivity index (χ3n) is 5.60. The normalized spacial score (nSPS) is 20.8. The van der Waals surface area contributed by atoms with Gasteiger partial charge in [-0.3, -0.25) is 9.59 Å². The lowest BCUT2D eigenvalue weighted by molar-refractivity contribution is -0.127. The highest BCUT2D eigenvalue weighted by Gasteiger charge is 2.36. The molecule has 4 rings (SSSR count). The van der Waals surface area contributed by atoms with E-state index >= 15 is 0 Å². The van der Waals surface area contributed by atoms with Crippen LogP contribution < -0.4 is 19.7 Å². The number of carbonyl (C=O) groups excluding carboxylic acids is 2. The first-order chi connectivity index (χ1) is 13.6. The summed E-state index contributed by atoms with van der Waals surface area (Å²) >= 11 is 0. The van der Waals surface area contributed by atoms with E-state index in [4.69, 9.17) is 9.47 Å². The van der Waals surface area contributed by atoms with Crippen LogP contribution in [0, 0.1) is 5.92 Å². The standard InChI is InChI=1S/C22H24N2O4/c1-27-19-10-14-8-9-18(17(14)12-20(19)28-2)23-22(26)15-11-21(25)24(13-15)16-6-4-3-5-7-16/h3-7,10,12,15,18H,8-9,11,13H2,1-2H3,(H,23,26)/t15-,18+/m0/s1. The molecule has 2 aromatic rings. The number of para-hydroxylation sites is 1. The Hall–Kier alpha value is -3.02. The smallest absolute Gasteiger partial charge is 0.227 e. The van der Waals surface area contributed by atoms with Crippen molar-refractivity contribution in [3.8, 4) is 11.5 Å². The summed E-state index contributed by atoms with van der Waals surface area (Å²) in [5.41, 5.74) is 3.07. The number of aryl methyl sites for hydroxylation is 1. The van der Waals surface area contributed by atoms with E-state index in [0.717, 1.165) is 29.7 Å². The minimum absolute atomic E-state index is 0.00965. The summed E-state index contributed by atoms with van der Waals surface area (Å²) in [7, 11) is 3.23.